The Morgan fingerprint density at radius 3 is 2.50 bits per heavy atom. The molecule has 4 nitrogen and oxygen atoms in total. The van der Waals surface area contributed by atoms with Crippen LogP contribution in [0.1, 0.15) is 17.3 Å². The number of amides is 1. The number of ketones is 1. The third-order valence-corrected chi connectivity index (χ3v) is 1.97. The van der Waals surface area contributed by atoms with Gasteiger partial charge in [-0.2, -0.15) is 0 Å². The minimum atomic E-state index is 0.00991. The van der Waals surface area contributed by atoms with E-state index in [1.54, 1.807) is 37.1 Å². The number of rotatable bonds is 3. The molecule has 1 aromatic rings. The molecule has 1 rings (SSSR count). The normalized spacial score (nSPS) is 9.93. The summed E-state index contributed by atoms with van der Waals surface area (Å²) in [6.07, 6.45) is 3.42. The number of carbonyl (C=O) groups is 2. The molecule has 0 spiro atoms. The van der Waals surface area contributed by atoms with Gasteiger partial charge in [0.15, 0.2) is 5.78 Å². The van der Waals surface area contributed by atoms with Crippen LogP contribution in [0.15, 0.2) is 18.5 Å². The third kappa shape index (κ3) is 2.45. The lowest BCUT2D eigenvalue weighted by Gasteiger charge is -2.10. The Bertz CT molecular complexity index is 353. The van der Waals surface area contributed by atoms with Crippen LogP contribution in [0.4, 0.5) is 0 Å². The van der Waals surface area contributed by atoms with E-state index >= 15 is 0 Å². The van der Waals surface area contributed by atoms with Crippen molar-refractivity contribution in [2.45, 2.75) is 13.5 Å². The van der Waals surface area contributed by atoms with Gasteiger partial charge in [-0.25, -0.2) is 0 Å². The summed E-state index contributed by atoms with van der Waals surface area (Å²) < 4.78 is 1.71. The molecule has 0 fully saturated rings. The summed E-state index contributed by atoms with van der Waals surface area (Å²) in [4.78, 5) is 23.8. The molecule has 0 aliphatic carbocycles. The van der Waals surface area contributed by atoms with Crippen molar-refractivity contribution < 1.29 is 9.59 Å². The maximum absolute atomic E-state index is 11.3. The predicted octanol–water partition coefficient (Wildman–Crippen LogP) is 0.779. The fraction of sp³-hybridized carbons (Fsp3) is 0.400. The van der Waals surface area contributed by atoms with Gasteiger partial charge in [0.25, 0.3) is 0 Å². The van der Waals surface area contributed by atoms with Crippen LogP contribution in [0.5, 0.6) is 0 Å². The van der Waals surface area contributed by atoms with Crippen LogP contribution in [-0.4, -0.2) is 35.3 Å². The van der Waals surface area contributed by atoms with Gasteiger partial charge in [0, 0.05) is 32.1 Å². The first-order valence-electron chi connectivity index (χ1n) is 4.37. The highest BCUT2D eigenvalue weighted by Crippen LogP contribution is 2.02. The summed E-state index contributed by atoms with van der Waals surface area (Å²) in [6.45, 7) is 1.79. The van der Waals surface area contributed by atoms with Crippen molar-refractivity contribution >= 4 is 11.7 Å². The second-order valence-corrected chi connectivity index (χ2v) is 3.42. The predicted molar refractivity (Wildman–Crippen MR) is 53.1 cm³/mol. The largest absolute Gasteiger partial charge is 0.347 e. The van der Waals surface area contributed by atoms with E-state index in [1.165, 1.54) is 11.8 Å². The minimum absolute atomic E-state index is 0.00991. The lowest BCUT2D eigenvalue weighted by molar-refractivity contribution is -0.129. The molecular formula is C10H14N2O2. The van der Waals surface area contributed by atoms with Crippen LogP contribution in [0.25, 0.3) is 0 Å². The molecule has 0 aromatic carbocycles. The molecular weight excluding hydrogens is 180 g/mol. The average molecular weight is 194 g/mol. The molecule has 0 bridgehead atoms. The molecule has 76 valence electrons. The maximum atomic E-state index is 11.3. The monoisotopic (exact) mass is 194 g/mol. The molecule has 0 saturated heterocycles. The minimum Gasteiger partial charge on any atom is -0.347 e. The lowest BCUT2D eigenvalue weighted by atomic mass is 10.2. The first-order valence-corrected chi connectivity index (χ1v) is 4.37. The number of Topliss-reactive ketones (excluding diaryl/α,β-unsaturated/α-hetero) is 1. The van der Waals surface area contributed by atoms with E-state index in [2.05, 4.69) is 0 Å². The Hall–Kier alpha value is -1.58. The Labute approximate surface area is 83.1 Å². The van der Waals surface area contributed by atoms with Crippen molar-refractivity contribution in [3.8, 4) is 0 Å². The Kier molecular flexibility index (Phi) is 3.06. The fourth-order valence-electron chi connectivity index (χ4n) is 1.04. The zero-order valence-corrected chi connectivity index (χ0v) is 8.65. The molecule has 1 heterocycles. The van der Waals surface area contributed by atoms with Gasteiger partial charge < -0.3 is 9.47 Å². The van der Waals surface area contributed by atoms with Crippen molar-refractivity contribution in [2.75, 3.05) is 14.1 Å². The SMILES string of the molecule is CC(=O)c1ccn(CC(=O)N(C)C)c1. The second kappa shape index (κ2) is 4.09. The second-order valence-electron chi connectivity index (χ2n) is 3.42. The quantitative estimate of drug-likeness (QED) is 0.667. The first kappa shape index (κ1) is 10.5. The van der Waals surface area contributed by atoms with Crippen LogP contribution in [0, 0.1) is 0 Å². The fourth-order valence-corrected chi connectivity index (χ4v) is 1.04. The maximum Gasteiger partial charge on any atom is 0.241 e. The van der Waals surface area contributed by atoms with E-state index in [4.69, 9.17) is 0 Å². The highest BCUT2D eigenvalue weighted by molar-refractivity contribution is 5.93. The van der Waals surface area contributed by atoms with Gasteiger partial charge in [-0.3, -0.25) is 9.59 Å². The van der Waals surface area contributed by atoms with Crippen molar-refractivity contribution in [1.29, 1.82) is 0 Å². The van der Waals surface area contributed by atoms with Gasteiger partial charge in [0.2, 0.25) is 5.91 Å². The number of hydrogen-bond donors (Lipinski definition) is 0. The number of likely N-dealkylation sites (N-methyl/N-ethyl adjacent to an activating group) is 1. The van der Waals surface area contributed by atoms with Gasteiger partial charge >= 0.3 is 0 Å². The third-order valence-electron chi connectivity index (χ3n) is 1.97. The number of nitrogens with zero attached hydrogens (tertiary/aromatic N) is 2. The van der Waals surface area contributed by atoms with E-state index in [-0.39, 0.29) is 18.2 Å². The van der Waals surface area contributed by atoms with Crippen LogP contribution < -0.4 is 0 Å². The summed E-state index contributed by atoms with van der Waals surface area (Å²) in [7, 11) is 3.41. The summed E-state index contributed by atoms with van der Waals surface area (Å²) >= 11 is 0. The molecule has 1 amide bonds. The Morgan fingerprint density at radius 1 is 1.43 bits per heavy atom. The van der Waals surface area contributed by atoms with Gasteiger partial charge in [0.05, 0.1) is 0 Å². The summed E-state index contributed by atoms with van der Waals surface area (Å²) in [5, 5.41) is 0. The molecule has 0 unspecified atom stereocenters. The Balaban J connectivity index is 2.69. The van der Waals surface area contributed by atoms with E-state index in [0.717, 1.165) is 0 Å². The van der Waals surface area contributed by atoms with Gasteiger partial charge in [0.1, 0.15) is 6.54 Å². The summed E-state index contributed by atoms with van der Waals surface area (Å²) in [5.41, 5.74) is 0.636. The highest BCUT2D eigenvalue weighted by atomic mass is 16.2. The topological polar surface area (TPSA) is 42.3 Å². The van der Waals surface area contributed by atoms with Crippen LogP contribution >= 0.6 is 0 Å². The standard InChI is InChI=1S/C10H14N2O2/c1-8(13)9-4-5-12(6-9)7-10(14)11(2)3/h4-6H,7H2,1-3H3. The molecule has 0 atom stereocenters. The summed E-state index contributed by atoms with van der Waals surface area (Å²) in [6, 6.07) is 1.71. The van der Waals surface area contributed by atoms with E-state index in [9.17, 15) is 9.59 Å². The smallest absolute Gasteiger partial charge is 0.241 e. The molecule has 4 heteroatoms. The van der Waals surface area contributed by atoms with Crippen molar-refractivity contribution in [1.82, 2.24) is 9.47 Å². The zero-order valence-electron chi connectivity index (χ0n) is 8.65. The molecule has 0 aliphatic heterocycles. The van der Waals surface area contributed by atoms with Crippen molar-refractivity contribution in [2.24, 2.45) is 0 Å². The molecule has 0 N–H and O–H groups in total. The van der Waals surface area contributed by atoms with Gasteiger partial charge in [-0.05, 0) is 13.0 Å². The summed E-state index contributed by atoms with van der Waals surface area (Å²) in [5.74, 6) is 0.0248. The molecule has 0 aliphatic rings. The van der Waals surface area contributed by atoms with Gasteiger partial charge in [-0.1, -0.05) is 0 Å². The van der Waals surface area contributed by atoms with Crippen molar-refractivity contribution in [3.05, 3.63) is 24.0 Å². The molecule has 1 aromatic heterocycles. The first-order chi connectivity index (χ1) is 6.50. The van der Waals surface area contributed by atoms with Crippen LogP contribution in [-0.2, 0) is 11.3 Å². The van der Waals surface area contributed by atoms with Crippen molar-refractivity contribution in [3.63, 3.8) is 0 Å². The van der Waals surface area contributed by atoms with E-state index in [0.29, 0.717) is 5.56 Å². The number of hydrogen-bond acceptors (Lipinski definition) is 2. The van der Waals surface area contributed by atoms with Crippen LogP contribution in [0.2, 0.25) is 0 Å². The van der Waals surface area contributed by atoms with E-state index < -0.39 is 0 Å². The molecule has 0 saturated carbocycles. The number of aromatic nitrogens is 1. The zero-order chi connectivity index (χ0) is 10.7. The molecule has 14 heavy (non-hydrogen) atoms. The number of carbonyl (C=O) groups excluding carboxylic acids is 2. The highest BCUT2D eigenvalue weighted by Gasteiger charge is 2.06. The lowest BCUT2D eigenvalue weighted by Crippen LogP contribution is -2.25. The average Bonchev–Trinajstić information content (AvgIpc) is 2.52. The Morgan fingerprint density at radius 2 is 2.07 bits per heavy atom. The van der Waals surface area contributed by atoms with Crippen LogP contribution in [0.3, 0.4) is 0 Å². The molecule has 0 radical (unpaired) electrons. The van der Waals surface area contributed by atoms with E-state index in [1.807, 2.05) is 0 Å². The van der Waals surface area contributed by atoms with Gasteiger partial charge in [-0.15, -0.1) is 0 Å².